The lowest BCUT2D eigenvalue weighted by molar-refractivity contribution is -0.136. The lowest BCUT2D eigenvalue weighted by atomic mass is 9.88. The number of hydrogen-bond donors (Lipinski definition) is 1. The number of hydrogen-bond acceptors (Lipinski definition) is 2. The summed E-state index contributed by atoms with van der Waals surface area (Å²) in [4.78, 5) is 28.9. The molecule has 5 heteroatoms. The maximum Gasteiger partial charge on any atom is 0.321 e. The van der Waals surface area contributed by atoms with Gasteiger partial charge in [0.1, 0.15) is 0 Å². The number of benzene rings is 1. The van der Waals surface area contributed by atoms with E-state index in [-0.39, 0.29) is 17.9 Å². The van der Waals surface area contributed by atoms with Crippen LogP contribution in [-0.4, -0.2) is 48.4 Å². The van der Waals surface area contributed by atoms with Crippen LogP contribution in [0.5, 0.6) is 0 Å². The van der Waals surface area contributed by atoms with Crippen LogP contribution in [0.4, 0.5) is 10.5 Å². The third kappa shape index (κ3) is 4.99. The maximum absolute atomic E-state index is 12.7. The fourth-order valence-corrected chi connectivity index (χ4v) is 4.21. The zero-order valence-corrected chi connectivity index (χ0v) is 15.8. The zero-order chi connectivity index (χ0) is 18.4. The normalized spacial score (nSPS) is 19.2. The molecule has 1 heterocycles. The highest BCUT2D eigenvalue weighted by atomic mass is 16.2. The molecule has 0 bridgehead atoms. The van der Waals surface area contributed by atoms with Crippen molar-refractivity contribution in [1.29, 1.82) is 0 Å². The van der Waals surface area contributed by atoms with Gasteiger partial charge in [0.05, 0.1) is 0 Å². The Hall–Kier alpha value is -2.04. The number of para-hydroxylation sites is 1. The summed E-state index contributed by atoms with van der Waals surface area (Å²) in [7, 11) is 1.95. The molecule has 1 saturated carbocycles. The van der Waals surface area contributed by atoms with E-state index in [1.807, 2.05) is 47.2 Å². The van der Waals surface area contributed by atoms with Crippen LogP contribution >= 0.6 is 0 Å². The van der Waals surface area contributed by atoms with Crippen molar-refractivity contribution in [3.05, 3.63) is 30.3 Å². The number of urea groups is 1. The van der Waals surface area contributed by atoms with Gasteiger partial charge in [0.25, 0.3) is 0 Å². The summed E-state index contributed by atoms with van der Waals surface area (Å²) in [5, 5.41) is 2.92. The van der Waals surface area contributed by atoms with E-state index in [2.05, 4.69) is 5.32 Å². The van der Waals surface area contributed by atoms with E-state index in [4.69, 9.17) is 0 Å². The van der Waals surface area contributed by atoms with Gasteiger partial charge in [0.2, 0.25) is 5.91 Å². The second kappa shape index (κ2) is 9.06. The van der Waals surface area contributed by atoms with Gasteiger partial charge in [0.15, 0.2) is 0 Å². The van der Waals surface area contributed by atoms with Crippen molar-refractivity contribution in [2.45, 2.75) is 44.9 Å². The molecule has 0 aromatic heterocycles. The van der Waals surface area contributed by atoms with Crippen LogP contribution in [0.15, 0.2) is 30.3 Å². The van der Waals surface area contributed by atoms with Crippen LogP contribution in [0.25, 0.3) is 0 Å². The second-order valence-electron chi connectivity index (χ2n) is 7.78. The Kier molecular flexibility index (Phi) is 6.53. The highest BCUT2D eigenvalue weighted by Crippen LogP contribution is 2.26. The Balaban J connectivity index is 1.43. The van der Waals surface area contributed by atoms with Gasteiger partial charge in [-0.1, -0.05) is 37.5 Å². The molecule has 0 radical (unpaired) electrons. The maximum atomic E-state index is 12.7. The fraction of sp³-hybridized carbons (Fsp3) is 0.619. The molecule has 1 aromatic carbocycles. The van der Waals surface area contributed by atoms with Crippen LogP contribution in [0.3, 0.4) is 0 Å². The number of carbonyl (C=O) groups is 2. The fourth-order valence-electron chi connectivity index (χ4n) is 4.21. The molecule has 26 heavy (non-hydrogen) atoms. The average Bonchev–Trinajstić information content (AvgIpc) is 2.69. The summed E-state index contributed by atoms with van der Waals surface area (Å²) in [6, 6.07) is 9.43. The Labute approximate surface area is 156 Å². The Bertz CT molecular complexity index is 591. The lowest BCUT2D eigenvalue weighted by Gasteiger charge is -2.34. The summed E-state index contributed by atoms with van der Waals surface area (Å²) in [5.41, 5.74) is 0.808. The number of anilines is 1. The summed E-state index contributed by atoms with van der Waals surface area (Å²) in [5.74, 6) is 0.998. The number of nitrogens with zero attached hydrogens (tertiary/aromatic N) is 2. The number of amides is 3. The number of carbonyl (C=O) groups excluding carboxylic acids is 2. The third-order valence-corrected chi connectivity index (χ3v) is 5.79. The first-order valence-electron chi connectivity index (χ1n) is 9.99. The van der Waals surface area contributed by atoms with Gasteiger partial charge in [-0.3, -0.25) is 4.79 Å². The zero-order valence-electron chi connectivity index (χ0n) is 15.8. The first-order valence-corrected chi connectivity index (χ1v) is 9.99. The molecule has 1 aromatic rings. The largest absolute Gasteiger partial charge is 0.345 e. The predicted octanol–water partition coefficient (Wildman–Crippen LogP) is 3.97. The van der Waals surface area contributed by atoms with E-state index in [0.717, 1.165) is 25.1 Å². The van der Waals surface area contributed by atoms with Gasteiger partial charge in [-0.15, -0.1) is 0 Å². The molecule has 1 aliphatic heterocycles. The molecule has 2 fully saturated rings. The molecule has 1 saturated heterocycles. The molecule has 3 rings (SSSR count). The minimum Gasteiger partial charge on any atom is -0.345 e. The number of likely N-dealkylation sites (tertiary alicyclic amines) is 1. The summed E-state index contributed by atoms with van der Waals surface area (Å²) < 4.78 is 0. The van der Waals surface area contributed by atoms with Crippen LogP contribution in [-0.2, 0) is 4.79 Å². The van der Waals surface area contributed by atoms with Gasteiger partial charge >= 0.3 is 6.03 Å². The van der Waals surface area contributed by atoms with Crippen molar-refractivity contribution < 1.29 is 9.59 Å². The van der Waals surface area contributed by atoms with Gasteiger partial charge in [-0.25, -0.2) is 4.79 Å². The Morgan fingerprint density at radius 3 is 2.35 bits per heavy atom. The topological polar surface area (TPSA) is 52.7 Å². The van der Waals surface area contributed by atoms with Gasteiger partial charge in [-0.2, -0.15) is 0 Å². The van der Waals surface area contributed by atoms with Crippen LogP contribution in [0, 0.1) is 11.8 Å². The van der Waals surface area contributed by atoms with E-state index in [1.165, 1.54) is 32.1 Å². The van der Waals surface area contributed by atoms with Crippen molar-refractivity contribution in [2.24, 2.45) is 11.8 Å². The predicted molar refractivity (Wildman–Crippen MR) is 104 cm³/mol. The Morgan fingerprint density at radius 1 is 1.04 bits per heavy atom. The molecule has 1 aliphatic carbocycles. The molecule has 0 unspecified atom stereocenters. The minimum atomic E-state index is -0.0716. The van der Waals surface area contributed by atoms with Gasteiger partial charge < -0.3 is 15.1 Å². The van der Waals surface area contributed by atoms with Crippen LogP contribution < -0.4 is 5.32 Å². The van der Waals surface area contributed by atoms with Crippen molar-refractivity contribution in [2.75, 3.05) is 32.0 Å². The molecule has 2 aliphatic rings. The summed E-state index contributed by atoms with van der Waals surface area (Å²) in [6.45, 7) is 2.19. The highest BCUT2D eigenvalue weighted by Gasteiger charge is 2.30. The molecule has 5 nitrogen and oxygen atoms in total. The molecule has 142 valence electrons. The molecule has 1 N–H and O–H groups in total. The smallest absolute Gasteiger partial charge is 0.321 e. The van der Waals surface area contributed by atoms with E-state index in [1.54, 1.807) is 0 Å². The molecule has 3 amide bonds. The van der Waals surface area contributed by atoms with E-state index < -0.39 is 0 Å². The van der Waals surface area contributed by atoms with Crippen LogP contribution in [0.1, 0.15) is 44.9 Å². The molecular formula is C21H31N3O2. The van der Waals surface area contributed by atoms with Gasteiger partial charge in [0, 0.05) is 38.3 Å². The summed E-state index contributed by atoms with van der Waals surface area (Å²) in [6.07, 6.45) is 8.00. The van der Waals surface area contributed by atoms with Crippen molar-refractivity contribution in [1.82, 2.24) is 9.80 Å². The van der Waals surface area contributed by atoms with Crippen molar-refractivity contribution in [3.8, 4) is 0 Å². The Morgan fingerprint density at radius 2 is 1.69 bits per heavy atom. The lowest BCUT2D eigenvalue weighted by Crippen LogP contribution is -2.45. The second-order valence-corrected chi connectivity index (χ2v) is 7.78. The van der Waals surface area contributed by atoms with E-state index >= 15 is 0 Å². The quantitative estimate of drug-likeness (QED) is 0.886. The monoisotopic (exact) mass is 357 g/mol. The van der Waals surface area contributed by atoms with Crippen molar-refractivity contribution in [3.63, 3.8) is 0 Å². The van der Waals surface area contributed by atoms with Crippen molar-refractivity contribution >= 4 is 17.6 Å². The molecule has 0 atom stereocenters. The number of rotatable bonds is 4. The summed E-state index contributed by atoms with van der Waals surface area (Å²) >= 11 is 0. The van der Waals surface area contributed by atoms with E-state index in [9.17, 15) is 9.59 Å². The molecule has 0 spiro atoms. The number of nitrogens with one attached hydrogen (secondary N) is 1. The standard InChI is InChI=1S/C21H31N3O2/c1-23(16-17-8-4-2-5-9-17)20(25)18-12-14-24(15-13-18)21(26)22-19-10-6-3-7-11-19/h3,6-7,10-11,17-18H,2,4-5,8-9,12-16H2,1H3,(H,22,26). The average molecular weight is 357 g/mol. The first kappa shape index (κ1) is 18.7. The van der Waals surface area contributed by atoms with Gasteiger partial charge in [-0.05, 0) is 43.7 Å². The first-order chi connectivity index (χ1) is 12.6. The van der Waals surface area contributed by atoms with E-state index in [0.29, 0.717) is 19.0 Å². The SMILES string of the molecule is CN(CC1CCCCC1)C(=O)C1CCN(C(=O)Nc2ccccc2)CC1. The van der Waals surface area contributed by atoms with Crippen LogP contribution in [0.2, 0.25) is 0 Å². The highest BCUT2D eigenvalue weighted by molar-refractivity contribution is 5.89. The molecular weight excluding hydrogens is 326 g/mol. The minimum absolute atomic E-state index is 0.0596. The number of piperidine rings is 1. The third-order valence-electron chi connectivity index (χ3n) is 5.79.